The van der Waals surface area contributed by atoms with Crippen LogP contribution in [0.4, 0.5) is 16.2 Å². The van der Waals surface area contributed by atoms with E-state index in [0.29, 0.717) is 6.54 Å². The summed E-state index contributed by atoms with van der Waals surface area (Å²) in [6, 6.07) is 7.40. The summed E-state index contributed by atoms with van der Waals surface area (Å²) in [6.07, 6.45) is 1.63. The van der Waals surface area contributed by atoms with Gasteiger partial charge in [0.05, 0.1) is 0 Å². The fourth-order valence-corrected chi connectivity index (χ4v) is 1.18. The Kier molecular flexibility index (Phi) is 4.39. The quantitative estimate of drug-likeness (QED) is 0.761. The summed E-state index contributed by atoms with van der Waals surface area (Å²) in [7, 11) is 3.94. The van der Waals surface area contributed by atoms with Crippen LogP contribution in [0.1, 0.15) is 0 Å². The SMILES string of the molecule is C=CCNC(=O)Nc1ccc(N(C)C)cc1. The Morgan fingerprint density at radius 3 is 2.50 bits per heavy atom. The van der Waals surface area contributed by atoms with E-state index in [-0.39, 0.29) is 6.03 Å². The Labute approximate surface area is 96.0 Å². The largest absolute Gasteiger partial charge is 0.378 e. The van der Waals surface area contributed by atoms with Crippen LogP contribution >= 0.6 is 0 Å². The van der Waals surface area contributed by atoms with Gasteiger partial charge in [0.2, 0.25) is 0 Å². The molecular formula is C12H17N3O. The second-order valence-corrected chi connectivity index (χ2v) is 3.57. The van der Waals surface area contributed by atoms with Crippen molar-refractivity contribution < 1.29 is 4.79 Å². The molecule has 0 saturated carbocycles. The van der Waals surface area contributed by atoms with Crippen LogP contribution in [-0.4, -0.2) is 26.7 Å². The first kappa shape index (κ1) is 12.1. The molecular weight excluding hydrogens is 202 g/mol. The number of hydrogen-bond donors (Lipinski definition) is 2. The van der Waals surface area contributed by atoms with Gasteiger partial charge in [-0.3, -0.25) is 0 Å². The lowest BCUT2D eigenvalue weighted by Crippen LogP contribution is -2.28. The van der Waals surface area contributed by atoms with Crippen LogP contribution in [0.3, 0.4) is 0 Å². The summed E-state index contributed by atoms with van der Waals surface area (Å²) in [5.41, 5.74) is 1.87. The summed E-state index contributed by atoms with van der Waals surface area (Å²) < 4.78 is 0. The van der Waals surface area contributed by atoms with E-state index in [4.69, 9.17) is 0 Å². The highest BCUT2D eigenvalue weighted by molar-refractivity contribution is 5.89. The molecule has 0 aromatic heterocycles. The molecule has 0 aliphatic heterocycles. The highest BCUT2D eigenvalue weighted by atomic mass is 16.2. The molecule has 0 aliphatic rings. The zero-order valence-corrected chi connectivity index (χ0v) is 9.66. The topological polar surface area (TPSA) is 44.4 Å². The van der Waals surface area contributed by atoms with E-state index in [1.165, 1.54) is 0 Å². The van der Waals surface area contributed by atoms with Gasteiger partial charge in [0, 0.05) is 32.0 Å². The second-order valence-electron chi connectivity index (χ2n) is 3.57. The maximum atomic E-state index is 11.3. The lowest BCUT2D eigenvalue weighted by molar-refractivity contribution is 0.253. The third-order valence-corrected chi connectivity index (χ3v) is 2.05. The molecule has 0 spiro atoms. The van der Waals surface area contributed by atoms with Gasteiger partial charge in [-0.2, -0.15) is 0 Å². The fraction of sp³-hybridized carbons (Fsp3) is 0.250. The number of benzene rings is 1. The number of urea groups is 1. The van der Waals surface area contributed by atoms with E-state index in [1.54, 1.807) is 6.08 Å². The smallest absolute Gasteiger partial charge is 0.319 e. The Hall–Kier alpha value is -1.97. The van der Waals surface area contributed by atoms with Crippen molar-refractivity contribution in [3.8, 4) is 0 Å². The molecule has 0 heterocycles. The molecule has 0 bridgehead atoms. The number of hydrogen-bond acceptors (Lipinski definition) is 2. The summed E-state index contributed by atoms with van der Waals surface area (Å²) in [5.74, 6) is 0. The number of nitrogens with one attached hydrogen (secondary N) is 2. The van der Waals surface area contributed by atoms with E-state index < -0.39 is 0 Å². The van der Waals surface area contributed by atoms with Crippen molar-refractivity contribution in [2.75, 3.05) is 30.9 Å². The third kappa shape index (κ3) is 3.65. The lowest BCUT2D eigenvalue weighted by atomic mass is 10.2. The molecule has 0 saturated heterocycles. The van der Waals surface area contributed by atoms with Crippen LogP contribution in [0.2, 0.25) is 0 Å². The number of rotatable bonds is 4. The van der Waals surface area contributed by atoms with Crippen molar-refractivity contribution in [2.45, 2.75) is 0 Å². The highest BCUT2D eigenvalue weighted by Crippen LogP contribution is 2.15. The summed E-state index contributed by atoms with van der Waals surface area (Å²) in [4.78, 5) is 13.3. The zero-order chi connectivity index (χ0) is 12.0. The fourth-order valence-electron chi connectivity index (χ4n) is 1.18. The minimum Gasteiger partial charge on any atom is -0.378 e. The average molecular weight is 219 g/mol. The number of carbonyl (C=O) groups excluding carboxylic acids is 1. The normalized spacial score (nSPS) is 9.38. The Balaban J connectivity index is 2.54. The molecule has 86 valence electrons. The second kappa shape index (κ2) is 5.80. The number of anilines is 2. The maximum absolute atomic E-state index is 11.3. The average Bonchev–Trinajstić information content (AvgIpc) is 2.27. The first-order valence-corrected chi connectivity index (χ1v) is 5.06. The molecule has 1 aromatic carbocycles. The monoisotopic (exact) mass is 219 g/mol. The van der Waals surface area contributed by atoms with Crippen LogP contribution in [0.25, 0.3) is 0 Å². The van der Waals surface area contributed by atoms with Crippen LogP contribution < -0.4 is 15.5 Å². The summed E-state index contributed by atoms with van der Waals surface area (Å²) >= 11 is 0. The van der Waals surface area contributed by atoms with E-state index in [1.807, 2.05) is 43.3 Å². The Bertz CT molecular complexity index is 357. The van der Waals surface area contributed by atoms with Gasteiger partial charge >= 0.3 is 6.03 Å². The van der Waals surface area contributed by atoms with Gasteiger partial charge in [0.1, 0.15) is 0 Å². The van der Waals surface area contributed by atoms with E-state index in [9.17, 15) is 4.79 Å². The molecule has 4 heteroatoms. The third-order valence-electron chi connectivity index (χ3n) is 2.05. The van der Waals surface area contributed by atoms with Gasteiger partial charge in [-0.05, 0) is 24.3 Å². The molecule has 4 nitrogen and oxygen atoms in total. The molecule has 2 amide bonds. The van der Waals surface area contributed by atoms with E-state index >= 15 is 0 Å². The molecule has 1 aromatic rings. The number of carbonyl (C=O) groups is 1. The van der Waals surface area contributed by atoms with Crippen molar-refractivity contribution in [1.82, 2.24) is 5.32 Å². The molecule has 0 atom stereocenters. The van der Waals surface area contributed by atoms with Crippen molar-refractivity contribution in [3.63, 3.8) is 0 Å². The summed E-state index contributed by atoms with van der Waals surface area (Å²) in [5, 5.41) is 5.37. The van der Waals surface area contributed by atoms with Crippen LogP contribution in [-0.2, 0) is 0 Å². The van der Waals surface area contributed by atoms with Crippen LogP contribution in [0.15, 0.2) is 36.9 Å². The Morgan fingerprint density at radius 1 is 1.38 bits per heavy atom. The molecule has 1 rings (SSSR count). The van der Waals surface area contributed by atoms with Crippen molar-refractivity contribution in [2.24, 2.45) is 0 Å². The first-order chi connectivity index (χ1) is 7.63. The molecule has 0 aliphatic carbocycles. The predicted molar refractivity (Wildman–Crippen MR) is 68.0 cm³/mol. The van der Waals surface area contributed by atoms with Crippen molar-refractivity contribution >= 4 is 17.4 Å². The lowest BCUT2D eigenvalue weighted by Gasteiger charge is -2.13. The van der Waals surface area contributed by atoms with Crippen LogP contribution in [0.5, 0.6) is 0 Å². The van der Waals surface area contributed by atoms with E-state index in [0.717, 1.165) is 11.4 Å². The van der Waals surface area contributed by atoms with Gasteiger partial charge in [-0.25, -0.2) is 4.79 Å². The number of amides is 2. The van der Waals surface area contributed by atoms with Crippen LogP contribution in [0, 0.1) is 0 Å². The molecule has 0 fully saturated rings. The highest BCUT2D eigenvalue weighted by Gasteiger charge is 2.00. The summed E-state index contributed by atoms with van der Waals surface area (Å²) in [6.45, 7) is 3.98. The van der Waals surface area contributed by atoms with Gasteiger partial charge in [-0.1, -0.05) is 6.08 Å². The van der Waals surface area contributed by atoms with Gasteiger partial charge in [0.15, 0.2) is 0 Å². The van der Waals surface area contributed by atoms with Crippen molar-refractivity contribution in [1.29, 1.82) is 0 Å². The first-order valence-electron chi connectivity index (χ1n) is 5.06. The minimum absolute atomic E-state index is 0.225. The molecule has 0 radical (unpaired) electrons. The molecule has 16 heavy (non-hydrogen) atoms. The molecule has 0 unspecified atom stereocenters. The molecule has 2 N–H and O–H groups in total. The standard InChI is InChI=1S/C12H17N3O/c1-4-9-13-12(16)14-10-5-7-11(8-6-10)15(2)3/h4-8H,1,9H2,2-3H3,(H2,13,14,16). The van der Waals surface area contributed by atoms with E-state index in [2.05, 4.69) is 17.2 Å². The van der Waals surface area contributed by atoms with Gasteiger partial charge in [-0.15, -0.1) is 6.58 Å². The zero-order valence-electron chi connectivity index (χ0n) is 9.66. The minimum atomic E-state index is -0.225. The van der Waals surface area contributed by atoms with Gasteiger partial charge in [0.25, 0.3) is 0 Å². The maximum Gasteiger partial charge on any atom is 0.319 e. The van der Waals surface area contributed by atoms with Gasteiger partial charge < -0.3 is 15.5 Å². The number of nitrogens with zero attached hydrogens (tertiary/aromatic N) is 1. The van der Waals surface area contributed by atoms with Crippen molar-refractivity contribution in [3.05, 3.63) is 36.9 Å². The predicted octanol–water partition coefficient (Wildman–Crippen LogP) is 2.06. The Morgan fingerprint density at radius 2 is 2.00 bits per heavy atom.